The summed E-state index contributed by atoms with van der Waals surface area (Å²) in [5, 5.41) is 2.73. The third kappa shape index (κ3) is 3.98. The number of benzene rings is 1. The van der Waals surface area contributed by atoms with Crippen molar-refractivity contribution < 1.29 is 13.2 Å². The predicted octanol–water partition coefficient (Wildman–Crippen LogP) is 2.67. The van der Waals surface area contributed by atoms with Crippen molar-refractivity contribution in [1.82, 2.24) is 9.29 Å². The van der Waals surface area contributed by atoms with E-state index in [1.807, 2.05) is 6.92 Å². The van der Waals surface area contributed by atoms with Crippen molar-refractivity contribution in [3.63, 3.8) is 0 Å². The maximum absolute atomic E-state index is 12.4. The molecule has 0 atom stereocenters. The molecule has 0 unspecified atom stereocenters. The van der Waals surface area contributed by atoms with E-state index in [0.717, 1.165) is 5.69 Å². The molecule has 1 aromatic carbocycles. The Morgan fingerprint density at radius 2 is 1.71 bits per heavy atom. The lowest BCUT2D eigenvalue weighted by molar-refractivity contribution is 0.102. The lowest BCUT2D eigenvalue weighted by Crippen LogP contribution is -2.30. The van der Waals surface area contributed by atoms with E-state index in [-0.39, 0.29) is 10.8 Å². The second-order valence-electron chi connectivity index (χ2n) is 5.26. The van der Waals surface area contributed by atoms with Gasteiger partial charge in [-0.3, -0.25) is 9.78 Å². The average molecular weight is 347 g/mol. The third-order valence-electron chi connectivity index (χ3n) is 3.63. The normalized spacial score (nSPS) is 11.5. The minimum atomic E-state index is -3.49. The van der Waals surface area contributed by atoms with Gasteiger partial charge < -0.3 is 5.32 Å². The van der Waals surface area contributed by atoms with Gasteiger partial charge in [-0.1, -0.05) is 13.8 Å². The molecule has 24 heavy (non-hydrogen) atoms. The highest BCUT2D eigenvalue weighted by Crippen LogP contribution is 2.18. The Balaban J connectivity index is 2.15. The van der Waals surface area contributed by atoms with Crippen LogP contribution in [0.25, 0.3) is 0 Å². The summed E-state index contributed by atoms with van der Waals surface area (Å²) in [5.74, 6) is -0.290. The highest BCUT2D eigenvalue weighted by atomic mass is 32.2. The van der Waals surface area contributed by atoms with Crippen LogP contribution in [0.2, 0.25) is 0 Å². The lowest BCUT2D eigenvalue weighted by atomic mass is 10.2. The number of nitrogens with zero attached hydrogens (tertiary/aromatic N) is 2. The number of carbonyl (C=O) groups excluding carboxylic acids is 1. The Morgan fingerprint density at radius 1 is 1.08 bits per heavy atom. The number of amides is 1. The van der Waals surface area contributed by atoms with Gasteiger partial charge in [0.1, 0.15) is 0 Å². The molecule has 0 bridgehead atoms. The van der Waals surface area contributed by atoms with E-state index in [1.54, 1.807) is 38.1 Å². The minimum absolute atomic E-state index is 0.209. The summed E-state index contributed by atoms with van der Waals surface area (Å²) in [7, 11) is -3.49. The van der Waals surface area contributed by atoms with E-state index in [0.29, 0.717) is 24.3 Å². The van der Waals surface area contributed by atoms with Crippen LogP contribution < -0.4 is 5.32 Å². The van der Waals surface area contributed by atoms with Crippen LogP contribution in [0, 0.1) is 6.92 Å². The number of carbonyl (C=O) groups is 1. The van der Waals surface area contributed by atoms with Crippen molar-refractivity contribution in [3.05, 3.63) is 53.9 Å². The molecule has 2 rings (SSSR count). The Morgan fingerprint density at radius 3 is 2.21 bits per heavy atom. The van der Waals surface area contributed by atoms with Gasteiger partial charge in [0.15, 0.2) is 0 Å². The fraction of sp³-hybridized carbons (Fsp3) is 0.294. The zero-order chi connectivity index (χ0) is 17.7. The van der Waals surface area contributed by atoms with Crippen molar-refractivity contribution in [3.8, 4) is 0 Å². The van der Waals surface area contributed by atoms with Crippen molar-refractivity contribution >= 4 is 21.6 Å². The molecule has 1 aromatic heterocycles. The van der Waals surface area contributed by atoms with Crippen LogP contribution in [0.3, 0.4) is 0 Å². The molecule has 0 saturated heterocycles. The standard InChI is InChI=1S/C17H21N3O3S/c1-4-20(5-2)24(22,23)16-10-8-15(9-11-16)19-17(21)14-7-6-13(3)18-12-14/h6-12H,4-5H2,1-3H3,(H,19,21). The second kappa shape index (κ2) is 7.55. The topological polar surface area (TPSA) is 79.4 Å². The number of pyridine rings is 1. The summed E-state index contributed by atoms with van der Waals surface area (Å²) in [6.45, 7) is 6.27. The summed E-state index contributed by atoms with van der Waals surface area (Å²) in [6.07, 6.45) is 1.50. The largest absolute Gasteiger partial charge is 0.322 e. The third-order valence-corrected chi connectivity index (χ3v) is 5.69. The molecule has 0 spiro atoms. The number of aryl methyl sites for hydroxylation is 1. The van der Waals surface area contributed by atoms with Crippen molar-refractivity contribution in [2.45, 2.75) is 25.7 Å². The summed E-state index contributed by atoms with van der Waals surface area (Å²) in [5.41, 5.74) is 1.80. The molecule has 0 fully saturated rings. The highest BCUT2D eigenvalue weighted by Gasteiger charge is 2.21. The maximum Gasteiger partial charge on any atom is 0.257 e. The number of hydrogen-bond acceptors (Lipinski definition) is 4. The molecule has 0 aliphatic carbocycles. The number of anilines is 1. The fourth-order valence-corrected chi connectivity index (χ4v) is 3.69. The van der Waals surface area contributed by atoms with Gasteiger partial charge in [-0.2, -0.15) is 4.31 Å². The number of nitrogens with one attached hydrogen (secondary N) is 1. The van der Waals surface area contributed by atoms with E-state index in [1.165, 1.54) is 22.6 Å². The van der Waals surface area contributed by atoms with Crippen molar-refractivity contribution in [1.29, 1.82) is 0 Å². The molecule has 128 valence electrons. The number of aromatic nitrogens is 1. The lowest BCUT2D eigenvalue weighted by Gasteiger charge is -2.18. The first-order valence-corrected chi connectivity index (χ1v) is 9.16. The fourth-order valence-electron chi connectivity index (χ4n) is 2.23. The van der Waals surface area contributed by atoms with Crippen LogP contribution in [0.4, 0.5) is 5.69 Å². The predicted molar refractivity (Wildman–Crippen MR) is 93.5 cm³/mol. The molecular weight excluding hydrogens is 326 g/mol. The summed E-state index contributed by atoms with van der Waals surface area (Å²) >= 11 is 0. The second-order valence-corrected chi connectivity index (χ2v) is 7.19. The first kappa shape index (κ1) is 18.1. The Kier molecular flexibility index (Phi) is 5.69. The van der Waals surface area contributed by atoms with E-state index in [2.05, 4.69) is 10.3 Å². The minimum Gasteiger partial charge on any atom is -0.322 e. The summed E-state index contributed by atoms with van der Waals surface area (Å²) in [6, 6.07) is 9.60. The van der Waals surface area contributed by atoms with Gasteiger partial charge in [0.2, 0.25) is 10.0 Å². The Bertz CT molecular complexity index is 796. The van der Waals surface area contributed by atoms with Gasteiger partial charge in [0, 0.05) is 30.7 Å². The van der Waals surface area contributed by atoms with Gasteiger partial charge in [0.25, 0.3) is 5.91 Å². The molecule has 0 aliphatic rings. The summed E-state index contributed by atoms with van der Waals surface area (Å²) in [4.78, 5) is 16.4. The van der Waals surface area contributed by atoms with Gasteiger partial charge in [-0.05, 0) is 43.3 Å². The van der Waals surface area contributed by atoms with Crippen LogP contribution in [-0.2, 0) is 10.0 Å². The van der Waals surface area contributed by atoms with Crippen LogP contribution in [0.1, 0.15) is 29.9 Å². The SMILES string of the molecule is CCN(CC)S(=O)(=O)c1ccc(NC(=O)c2ccc(C)nc2)cc1. The summed E-state index contributed by atoms with van der Waals surface area (Å²) < 4.78 is 26.2. The molecule has 1 N–H and O–H groups in total. The number of hydrogen-bond donors (Lipinski definition) is 1. The van der Waals surface area contributed by atoms with Crippen LogP contribution in [-0.4, -0.2) is 36.7 Å². The van der Waals surface area contributed by atoms with Crippen LogP contribution >= 0.6 is 0 Å². The van der Waals surface area contributed by atoms with E-state index >= 15 is 0 Å². The maximum atomic E-state index is 12.4. The van der Waals surface area contributed by atoms with E-state index in [4.69, 9.17) is 0 Å². The molecule has 6 nitrogen and oxygen atoms in total. The molecule has 7 heteroatoms. The zero-order valence-corrected chi connectivity index (χ0v) is 14.8. The van der Waals surface area contributed by atoms with Crippen molar-refractivity contribution in [2.75, 3.05) is 18.4 Å². The van der Waals surface area contributed by atoms with Gasteiger partial charge in [-0.15, -0.1) is 0 Å². The molecular formula is C17H21N3O3S. The zero-order valence-electron chi connectivity index (χ0n) is 14.0. The van der Waals surface area contributed by atoms with Gasteiger partial charge in [0.05, 0.1) is 10.5 Å². The molecule has 1 heterocycles. The van der Waals surface area contributed by atoms with Gasteiger partial charge in [-0.25, -0.2) is 8.42 Å². The molecule has 1 amide bonds. The monoisotopic (exact) mass is 347 g/mol. The van der Waals surface area contributed by atoms with Crippen LogP contribution in [0.5, 0.6) is 0 Å². The highest BCUT2D eigenvalue weighted by molar-refractivity contribution is 7.89. The Hall–Kier alpha value is -2.25. The molecule has 0 radical (unpaired) electrons. The molecule has 0 aliphatic heterocycles. The number of rotatable bonds is 6. The van der Waals surface area contributed by atoms with E-state index < -0.39 is 10.0 Å². The van der Waals surface area contributed by atoms with E-state index in [9.17, 15) is 13.2 Å². The smallest absolute Gasteiger partial charge is 0.257 e. The van der Waals surface area contributed by atoms with Crippen LogP contribution in [0.15, 0.2) is 47.5 Å². The molecule has 0 saturated carbocycles. The average Bonchev–Trinajstić information content (AvgIpc) is 2.56. The molecule has 2 aromatic rings. The first-order valence-electron chi connectivity index (χ1n) is 7.72. The van der Waals surface area contributed by atoms with Gasteiger partial charge >= 0.3 is 0 Å². The quantitative estimate of drug-likeness (QED) is 0.871. The first-order chi connectivity index (χ1) is 11.4. The van der Waals surface area contributed by atoms with Crippen molar-refractivity contribution in [2.24, 2.45) is 0 Å². The number of sulfonamides is 1. The Labute approximate surface area is 142 Å².